The second-order valence-electron chi connectivity index (χ2n) is 5.46. The van der Waals surface area contributed by atoms with E-state index in [0.717, 1.165) is 23.4 Å². The SMILES string of the molecule is CCOc1ccc2c(n1)CCN(C(=O)c1cc(C)n(C)n1)C2. The van der Waals surface area contributed by atoms with Gasteiger partial charge >= 0.3 is 0 Å². The van der Waals surface area contributed by atoms with Crippen LogP contribution in [0.4, 0.5) is 0 Å². The average molecular weight is 300 g/mol. The van der Waals surface area contributed by atoms with E-state index in [-0.39, 0.29) is 5.91 Å². The van der Waals surface area contributed by atoms with Crippen molar-refractivity contribution >= 4 is 5.91 Å². The van der Waals surface area contributed by atoms with Crippen molar-refractivity contribution in [2.45, 2.75) is 26.8 Å². The Hall–Kier alpha value is -2.37. The summed E-state index contributed by atoms with van der Waals surface area (Å²) in [4.78, 5) is 18.9. The fourth-order valence-corrected chi connectivity index (χ4v) is 2.62. The van der Waals surface area contributed by atoms with Crippen LogP contribution in [0.15, 0.2) is 18.2 Å². The predicted octanol–water partition coefficient (Wildman–Crippen LogP) is 1.72. The third-order valence-electron chi connectivity index (χ3n) is 3.93. The lowest BCUT2D eigenvalue weighted by Gasteiger charge is -2.27. The van der Waals surface area contributed by atoms with Crippen molar-refractivity contribution in [3.8, 4) is 5.88 Å². The molecule has 1 amide bonds. The van der Waals surface area contributed by atoms with Crippen LogP contribution in [0.1, 0.15) is 34.4 Å². The summed E-state index contributed by atoms with van der Waals surface area (Å²) in [5, 5.41) is 4.27. The van der Waals surface area contributed by atoms with E-state index in [1.54, 1.807) is 4.68 Å². The molecular weight excluding hydrogens is 280 g/mol. The number of rotatable bonds is 3. The van der Waals surface area contributed by atoms with E-state index >= 15 is 0 Å². The van der Waals surface area contributed by atoms with E-state index in [1.807, 2.05) is 44.0 Å². The van der Waals surface area contributed by atoms with Gasteiger partial charge in [-0.05, 0) is 25.5 Å². The van der Waals surface area contributed by atoms with Gasteiger partial charge in [0.05, 0.1) is 12.3 Å². The molecule has 3 heterocycles. The highest BCUT2D eigenvalue weighted by molar-refractivity contribution is 5.92. The zero-order valence-electron chi connectivity index (χ0n) is 13.2. The molecule has 2 aromatic rings. The molecule has 0 aromatic carbocycles. The molecule has 116 valence electrons. The van der Waals surface area contributed by atoms with Gasteiger partial charge in [-0.2, -0.15) is 5.10 Å². The third-order valence-corrected chi connectivity index (χ3v) is 3.93. The van der Waals surface area contributed by atoms with Gasteiger partial charge in [-0.3, -0.25) is 9.48 Å². The van der Waals surface area contributed by atoms with Gasteiger partial charge in [0.25, 0.3) is 5.91 Å². The Morgan fingerprint density at radius 1 is 1.41 bits per heavy atom. The monoisotopic (exact) mass is 300 g/mol. The highest BCUT2D eigenvalue weighted by Crippen LogP contribution is 2.21. The summed E-state index contributed by atoms with van der Waals surface area (Å²) in [5.41, 5.74) is 3.58. The first-order chi connectivity index (χ1) is 10.6. The molecule has 0 atom stereocenters. The summed E-state index contributed by atoms with van der Waals surface area (Å²) in [7, 11) is 1.84. The van der Waals surface area contributed by atoms with Crippen LogP contribution in [0.3, 0.4) is 0 Å². The number of aryl methyl sites for hydroxylation is 2. The molecular formula is C16H20N4O2. The van der Waals surface area contributed by atoms with Crippen molar-refractivity contribution < 1.29 is 9.53 Å². The number of hydrogen-bond donors (Lipinski definition) is 0. The summed E-state index contributed by atoms with van der Waals surface area (Å²) in [6.07, 6.45) is 0.744. The van der Waals surface area contributed by atoms with Crippen LogP contribution in [0.25, 0.3) is 0 Å². The minimum atomic E-state index is -0.0248. The van der Waals surface area contributed by atoms with Gasteiger partial charge < -0.3 is 9.64 Å². The second kappa shape index (κ2) is 5.79. The first-order valence-electron chi connectivity index (χ1n) is 7.50. The third kappa shape index (κ3) is 2.68. The fourth-order valence-electron chi connectivity index (χ4n) is 2.62. The van der Waals surface area contributed by atoms with E-state index < -0.39 is 0 Å². The van der Waals surface area contributed by atoms with E-state index in [2.05, 4.69) is 10.1 Å². The number of pyridine rings is 1. The average Bonchev–Trinajstić information content (AvgIpc) is 2.86. The van der Waals surface area contributed by atoms with Crippen LogP contribution < -0.4 is 4.74 Å². The molecule has 0 bridgehead atoms. The Morgan fingerprint density at radius 2 is 2.23 bits per heavy atom. The van der Waals surface area contributed by atoms with Gasteiger partial charge in [-0.25, -0.2) is 4.98 Å². The summed E-state index contributed by atoms with van der Waals surface area (Å²) < 4.78 is 7.15. The molecule has 6 nitrogen and oxygen atoms in total. The van der Waals surface area contributed by atoms with Gasteiger partial charge in [0.1, 0.15) is 0 Å². The second-order valence-corrected chi connectivity index (χ2v) is 5.46. The molecule has 1 aliphatic rings. The van der Waals surface area contributed by atoms with Crippen molar-refractivity contribution in [2.75, 3.05) is 13.2 Å². The van der Waals surface area contributed by atoms with E-state index in [0.29, 0.717) is 31.3 Å². The van der Waals surface area contributed by atoms with Crippen LogP contribution in [-0.4, -0.2) is 38.7 Å². The van der Waals surface area contributed by atoms with Crippen molar-refractivity contribution in [2.24, 2.45) is 7.05 Å². The summed E-state index contributed by atoms with van der Waals surface area (Å²) in [6, 6.07) is 5.69. The van der Waals surface area contributed by atoms with Crippen molar-refractivity contribution in [1.82, 2.24) is 19.7 Å². The van der Waals surface area contributed by atoms with Crippen LogP contribution in [0.5, 0.6) is 5.88 Å². The molecule has 3 rings (SSSR count). The zero-order chi connectivity index (χ0) is 15.7. The van der Waals surface area contributed by atoms with Gasteiger partial charge in [-0.15, -0.1) is 0 Å². The molecule has 0 aliphatic carbocycles. The molecule has 0 unspecified atom stereocenters. The lowest BCUT2D eigenvalue weighted by molar-refractivity contribution is 0.0726. The molecule has 0 saturated carbocycles. The number of hydrogen-bond acceptors (Lipinski definition) is 4. The predicted molar refractivity (Wildman–Crippen MR) is 81.8 cm³/mol. The van der Waals surface area contributed by atoms with E-state index in [9.17, 15) is 4.79 Å². The van der Waals surface area contributed by atoms with Crippen molar-refractivity contribution in [3.05, 3.63) is 40.8 Å². The smallest absolute Gasteiger partial charge is 0.274 e. The molecule has 1 aliphatic heterocycles. The number of nitrogens with zero attached hydrogens (tertiary/aromatic N) is 4. The first-order valence-corrected chi connectivity index (χ1v) is 7.50. The van der Waals surface area contributed by atoms with Gasteiger partial charge in [0.15, 0.2) is 5.69 Å². The Labute approximate surface area is 129 Å². The Bertz CT molecular complexity index is 689. The van der Waals surface area contributed by atoms with Gasteiger partial charge in [-0.1, -0.05) is 6.07 Å². The fraction of sp³-hybridized carbons (Fsp3) is 0.438. The highest BCUT2D eigenvalue weighted by atomic mass is 16.5. The minimum Gasteiger partial charge on any atom is -0.478 e. The maximum absolute atomic E-state index is 12.5. The van der Waals surface area contributed by atoms with Gasteiger partial charge in [0, 0.05) is 38.3 Å². The normalized spacial score (nSPS) is 13.9. The Morgan fingerprint density at radius 3 is 2.91 bits per heavy atom. The number of amides is 1. The summed E-state index contributed by atoms with van der Waals surface area (Å²) in [6.45, 7) is 5.72. The zero-order valence-corrected chi connectivity index (χ0v) is 13.2. The lowest BCUT2D eigenvalue weighted by Crippen LogP contribution is -2.36. The largest absolute Gasteiger partial charge is 0.478 e. The maximum atomic E-state index is 12.5. The summed E-state index contributed by atoms with van der Waals surface area (Å²) >= 11 is 0. The van der Waals surface area contributed by atoms with Crippen LogP contribution >= 0.6 is 0 Å². The molecule has 0 spiro atoms. The number of ether oxygens (including phenoxy) is 1. The maximum Gasteiger partial charge on any atom is 0.274 e. The standard InChI is InChI=1S/C16H20N4O2/c1-4-22-15-6-5-12-10-20(8-7-13(12)17-15)16(21)14-9-11(2)19(3)18-14/h5-6,9H,4,7-8,10H2,1-3H3. The number of fused-ring (bicyclic) bond motifs is 1. The highest BCUT2D eigenvalue weighted by Gasteiger charge is 2.24. The lowest BCUT2D eigenvalue weighted by atomic mass is 10.1. The van der Waals surface area contributed by atoms with Gasteiger partial charge in [0.2, 0.25) is 5.88 Å². The molecule has 2 aromatic heterocycles. The molecule has 22 heavy (non-hydrogen) atoms. The molecule has 0 N–H and O–H groups in total. The topological polar surface area (TPSA) is 60.2 Å². The quantitative estimate of drug-likeness (QED) is 0.866. The number of carbonyl (C=O) groups excluding carboxylic acids is 1. The Kier molecular flexibility index (Phi) is 3.83. The number of carbonyl (C=O) groups is 1. The Balaban J connectivity index is 1.77. The van der Waals surface area contributed by atoms with Crippen LogP contribution in [0.2, 0.25) is 0 Å². The van der Waals surface area contributed by atoms with Crippen molar-refractivity contribution in [3.63, 3.8) is 0 Å². The number of aromatic nitrogens is 3. The summed E-state index contributed by atoms with van der Waals surface area (Å²) in [5.74, 6) is 0.629. The molecule has 0 radical (unpaired) electrons. The molecule has 0 saturated heterocycles. The minimum absolute atomic E-state index is 0.0248. The molecule has 0 fully saturated rings. The van der Waals surface area contributed by atoms with E-state index in [1.165, 1.54) is 0 Å². The molecule has 6 heteroatoms. The van der Waals surface area contributed by atoms with Crippen molar-refractivity contribution in [1.29, 1.82) is 0 Å². The van der Waals surface area contributed by atoms with E-state index in [4.69, 9.17) is 4.74 Å². The first kappa shape index (κ1) is 14.6. The van der Waals surface area contributed by atoms with Crippen LogP contribution in [0, 0.1) is 6.92 Å². The van der Waals surface area contributed by atoms with Crippen LogP contribution in [-0.2, 0) is 20.0 Å².